The number of anilines is 1. The minimum atomic E-state index is -0.310. The van der Waals surface area contributed by atoms with Crippen molar-refractivity contribution in [2.75, 3.05) is 5.73 Å². The van der Waals surface area contributed by atoms with Gasteiger partial charge in [-0.05, 0) is 53.2 Å². The van der Waals surface area contributed by atoms with Crippen LogP contribution in [0.5, 0.6) is 0 Å². The van der Waals surface area contributed by atoms with Crippen LogP contribution in [0.25, 0.3) is 16.9 Å². The summed E-state index contributed by atoms with van der Waals surface area (Å²) in [7, 11) is 0. The molecule has 2 N–H and O–H groups in total. The van der Waals surface area contributed by atoms with Gasteiger partial charge in [-0.2, -0.15) is 5.10 Å². The molecule has 0 aliphatic heterocycles. The maximum atomic E-state index is 13.3. The van der Waals surface area contributed by atoms with E-state index in [0.29, 0.717) is 15.9 Å². The highest BCUT2D eigenvalue weighted by Crippen LogP contribution is 2.28. The summed E-state index contributed by atoms with van der Waals surface area (Å²) in [5.74, 6) is -0.310. The number of rotatable bonds is 2. The zero-order valence-electron chi connectivity index (χ0n) is 11.3. The second-order valence-electron chi connectivity index (χ2n) is 4.84. The summed E-state index contributed by atoms with van der Waals surface area (Å²) in [6, 6.07) is 12.7. The summed E-state index contributed by atoms with van der Waals surface area (Å²) in [6.45, 7) is 2.03. The molecule has 3 nitrogen and oxygen atoms in total. The second kappa shape index (κ2) is 5.33. The number of hydrogen-bond acceptors (Lipinski definition) is 2. The lowest BCUT2D eigenvalue weighted by Gasteiger charge is -2.02. The fourth-order valence-electron chi connectivity index (χ4n) is 2.08. The van der Waals surface area contributed by atoms with E-state index in [0.717, 1.165) is 11.3 Å². The Balaban J connectivity index is 2.05. The molecule has 0 unspecified atom stereocenters. The van der Waals surface area contributed by atoms with Gasteiger partial charge >= 0.3 is 0 Å². The van der Waals surface area contributed by atoms with Crippen molar-refractivity contribution in [1.82, 2.24) is 9.78 Å². The van der Waals surface area contributed by atoms with Gasteiger partial charge in [-0.25, -0.2) is 9.07 Å². The molecule has 0 saturated carbocycles. The molecule has 1 heterocycles. The van der Waals surface area contributed by atoms with Crippen molar-refractivity contribution < 1.29 is 4.39 Å². The lowest BCUT2D eigenvalue weighted by Crippen LogP contribution is -1.94. The third-order valence-corrected chi connectivity index (χ3v) is 3.84. The Morgan fingerprint density at radius 2 is 1.86 bits per heavy atom. The van der Waals surface area contributed by atoms with Crippen molar-refractivity contribution in [1.29, 1.82) is 0 Å². The third kappa shape index (κ3) is 2.69. The van der Waals surface area contributed by atoms with E-state index in [-0.39, 0.29) is 5.82 Å². The molecular formula is C16H13BrFN3. The highest BCUT2D eigenvalue weighted by atomic mass is 79.9. The van der Waals surface area contributed by atoms with Gasteiger partial charge in [-0.15, -0.1) is 0 Å². The van der Waals surface area contributed by atoms with E-state index >= 15 is 0 Å². The number of aromatic nitrogens is 2. The first-order valence-corrected chi connectivity index (χ1v) is 7.21. The highest BCUT2D eigenvalue weighted by molar-refractivity contribution is 9.10. The summed E-state index contributed by atoms with van der Waals surface area (Å²) in [5, 5.41) is 4.50. The first-order chi connectivity index (χ1) is 10.0. The lowest BCUT2D eigenvalue weighted by atomic mass is 10.1. The number of hydrogen-bond donors (Lipinski definition) is 1. The topological polar surface area (TPSA) is 43.8 Å². The van der Waals surface area contributed by atoms with E-state index in [9.17, 15) is 4.39 Å². The molecule has 0 fully saturated rings. The standard InChI is InChI=1S/C16H13BrFN3/c1-10-2-5-12(6-3-10)21-9-15(19)16(20-21)11-4-7-14(18)13(17)8-11/h2-9H,19H2,1H3. The van der Waals surface area contributed by atoms with Gasteiger partial charge in [0, 0.05) is 5.56 Å². The molecule has 3 rings (SSSR count). The van der Waals surface area contributed by atoms with Gasteiger partial charge in [0.25, 0.3) is 0 Å². The number of nitrogens with two attached hydrogens (primary N) is 1. The zero-order valence-corrected chi connectivity index (χ0v) is 12.9. The monoisotopic (exact) mass is 345 g/mol. The van der Waals surface area contributed by atoms with Gasteiger partial charge in [0.2, 0.25) is 0 Å². The molecule has 0 spiro atoms. The molecule has 3 aromatic rings. The molecular weight excluding hydrogens is 333 g/mol. The number of nitrogens with zero attached hydrogens (tertiary/aromatic N) is 2. The van der Waals surface area contributed by atoms with Crippen LogP contribution in [-0.2, 0) is 0 Å². The molecule has 2 aromatic carbocycles. The Morgan fingerprint density at radius 1 is 1.14 bits per heavy atom. The molecule has 0 atom stereocenters. The SMILES string of the molecule is Cc1ccc(-n2cc(N)c(-c3ccc(F)c(Br)c3)n2)cc1. The molecule has 0 saturated heterocycles. The molecule has 21 heavy (non-hydrogen) atoms. The quantitative estimate of drug-likeness (QED) is 0.751. The molecule has 0 bridgehead atoms. The number of benzene rings is 2. The van der Waals surface area contributed by atoms with Crippen LogP contribution in [0, 0.1) is 12.7 Å². The Labute approximate surface area is 130 Å². The van der Waals surface area contributed by atoms with Crippen LogP contribution in [0.15, 0.2) is 53.1 Å². The van der Waals surface area contributed by atoms with Gasteiger partial charge < -0.3 is 5.73 Å². The maximum Gasteiger partial charge on any atom is 0.137 e. The number of nitrogen functional groups attached to an aromatic ring is 1. The minimum absolute atomic E-state index is 0.310. The molecule has 1 aromatic heterocycles. The average molecular weight is 346 g/mol. The predicted octanol–water partition coefficient (Wildman–Crippen LogP) is 4.33. The van der Waals surface area contributed by atoms with Crippen LogP contribution < -0.4 is 5.73 Å². The van der Waals surface area contributed by atoms with E-state index in [1.54, 1.807) is 23.0 Å². The Kier molecular flexibility index (Phi) is 3.51. The Hall–Kier alpha value is -2.14. The van der Waals surface area contributed by atoms with E-state index in [1.807, 2.05) is 31.2 Å². The van der Waals surface area contributed by atoms with Crippen molar-refractivity contribution >= 4 is 21.6 Å². The molecule has 0 aliphatic carbocycles. The predicted molar refractivity (Wildman–Crippen MR) is 85.8 cm³/mol. The molecule has 0 aliphatic rings. The molecule has 106 valence electrons. The van der Waals surface area contributed by atoms with Crippen molar-refractivity contribution in [3.8, 4) is 16.9 Å². The van der Waals surface area contributed by atoms with Crippen molar-refractivity contribution in [3.05, 3.63) is 64.5 Å². The Bertz CT molecular complexity index is 794. The van der Waals surface area contributed by atoms with Crippen molar-refractivity contribution in [3.63, 3.8) is 0 Å². The third-order valence-electron chi connectivity index (χ3n) is 3.23. The molecule has 0 amide bonds. The van der Waals surface area contributed by atoms with Gasteiger partial charge in [0.05, 0.1) is 22.0 Å². The van der Waals surface area contributed by atoms with E-state index in [4.69, 9.17) is 5.73 Å². The van der Waals surface area contributed by atoms with Crippen molar-refractivity contribution in [2.45, 2.75) is 6.92 Å². The number of aryl methyl sites for hydroxylation is 1. The lowest BCUT2D eigenvalue weighted by molar-refractivity contribution is 0.621. The fourth-order valence-corrected chi connectivity index (χ4v) is 2.46. The second-order valence-corrected chi connectivity index (χ2v) is 5.70. The highest BCUT2D eigenvalue weighted by Gasteiger charge is 2.11. The van der Waals surface area contributed by atoms with Gasteiger partial charge in [-0.3, -0.25) is 0 Å². The zero-order chi connectivity index (χ0) is 15.0. The van der Waals surface area contributed by atoms with Crippen molar-refractivity contribution in [2.24, 2.45) is 0 Å². The summed E-state index contributed by atoms with van der Waals surface area (Å²) < 4.78 is 15.4. The minimum Gasteiger partial charge on any atom is -0.396 e. The van der Waals surface area contributed by atoms with Crippen LogP contribution in [0.1, 0.15) is 5.56 Å². The summed E-state index contributed by atoms with van der Waals surface area (Å²) in [4.78, 5) is 0. The van der Waals surface area contributed by atoms with Gasteiger partial charge in [0.1, 0.15) is 11.5 Å². The van der Waals surface area contributed by atoms with Crippen LogP contribution in [-0.4, -0.2) is 9.78 Å². The van der Waals surface area contributed by atoms with Gasteiger partial charge in [0.15, 0.2) is 0 Å². The average Bonchev–Trinajstić information content (AvgIpc) is 2.85. The normalized spacial score (nSPS) is 10.8. The summed E-state index contributed by atoms with van der Waals surface area (Å²) in [5.41, 5.74) is 10.1. The van der Waals surface area contributed by atoms with Crippen LogP contribution in [0.3, 0.4) is 0 Å². The molecule has 0 radical (unpaired) electrons. The first kappa shape index (κ1) is 13.8. The first-order valence-electron chi connectivity index (χ1n) is 6.42. The van der Waals surface area contributed by atoms with Crippen LogP contribution in [0.4, 0.5) is 10.1 Å². The van der Waals surface area contributed by atoms with Crippen LogP contribution in [0.2, 0.25) is 0 Å². The molecule has 5 heteroatoms. The fraction of sp³-hybridized carbons (Fsp3) is 0.0625. The summed E-state index contributed by atoms with van der Waals surface area (Å²) in [6.07, 6.45) is 1.76. The van der Waals surface area contributed by atoms with E-state index in [1.165, 1.54) is 11.6 Å². The smallest absolute Gasteiger partial charge is 0.137 e. The van der Waals surface area contributed by atoms with E-state index in [2.05, 4.69) is 21.0 Å². The van der Waals surface area contributed by atoms with Crippen LogP contribution >= 0.6 is 15.9 Å². The Morgan fingerprint density at radius 3 is 2.52 bits per heavy atom. The maximum absolute atomic E-state index is 13.3. The summed E-state index contributed by atoms with van der Waals surface area (Å²) >= 11 is 3.18. The largest absolute Gasteiger partial charge is 0.396 e. The number of halogens is 2. The van der Waals surface area contributed by atoms with Gasteiger partial charge in [-0.1, -0.05) is 17.7 Å². The van der Waals surface area contributed by atoms with E-state index < -0.39 is 0 Å².